The molecule has 0 amide bonds. The topological polar surface area (TPSA) is 52.0 Å². The number of aryl methyl sites for hydroxylation is 2. The molecular formula is C11H20N2O. The first-order chi connectivity index (χ1) is 6.69. The molecule has 1 heterocycles. The van der Waals surface area contributed by atoms with E-state index in [-0.39, 0.29) is 0 Å². The first kappa shape index (κ1) is 11.2. The highest BCUT2D eigenvalue weighted by molar-refractivity contribution is 5.11. The lowest BCUT2D eigenvalue weighted by atomic mass is 10.2. The number of hydrogen-bond acceptors (Lipinski definition) is 3. The molecule has 0 aliphatic heterocycles. The highest BCUT2D eigenvalue weighted by atomic mass is 16.4. The summed E-state index contributed by atoms with van der Waals surface area (Å²) in [4.78, 5) is 4.47. The zero-order valence-corrected chi connectivity index (χ0v) is 9.34. The van der Waals surface area contributed by atoms with Crippen LogP contribution in [0.2, 0.25) is 0 Å². The molecule has 3 heteroatoms. The Morgan fingerprint density at radius 2 is 2.14 bits per heavy atom. The van der Waals surface area contributed by atoms with Gasteiger partial charge in [0.1, 0.15) is 5.76 Å². The molecule has 3 nitrogen and oxygen atoms in total. The van der Waals surface area contributed by atoms with Crippen molar-refractivity contribution in [3.63, 3.8) is 0 Å². The maximum absolute atomic E-state index is 5.70. The largest absolute Gasteiger partial charge is 0.445 e. The van der Waals surface area contributed by atoms with Crippen molar-refractivity contribution < 1.29 is 4.42 Å². The molecule has 0 aromatic carbocycles. The van der Waals surface area contributed by atoms with Gasteiger partial charge in [-0.15, -0.1) is 0 Å². The standard InChI is InChI=1S/C11H20N2O/c1-4-9-10(6-5-7-12)14-11(13-9)8(2)3/h8H,4-7,12H2,1-3H3. The van der Waals surface area contributed by atoms with Gasteiger partial charge in [0, 0.05) is 12.3 Å². The Balaban J connectivity index is 2.79. The van der Waals surface area contributed by atoms with Crippen LogP contribution in [0, 0.1) is 0 Å². The molecular weight excluding hydrogens is 176 g/mol. The van der Waals surface area contributed by atoms with Gasteiger partial charge >= 0.3 is 0 Å². The molecule has 1 aromatic heterocycles. The number of hydrogen-bond donors (Lipinski definition) is 1. The fourth-order valence-electron chi connectivity index (χ4n) is 1.38. The van der Waals surface area contributed by atoms with Gasteiger partial charge in [-0.05, 0) is 19.4 Å². The zero-order chi connectivity index (χ0) is 10.6. The van der Waals surface area contributed by atoms with Gasteiger partial charge < -0.3 is 10.2 Å². The second-order valence-electron chi connectivity index (χ2n) is 3.82. The van der Waals surface area contributed by atoms with Crippen molar-refractivity contribution in [2.75, 3.05) is 6.54 Å². The smallest absolute Gasteiger partial charge is 0.197 e. The Hall–Kier alpha value is -0.830. The molecule has 0 aliphatic carbocycles. The molecule has 0 bridgehead atoms. The van der Waals surface area contributed by atoms with Crippen LogP contribution in [-0.4, -0.2) is 11.5 Å². The molecule has 0 spiro atoms. The Labute approximate surface area is 85.7 Å². The van der Waals surface area contributed by atoms with Crippen molar-refractivity contribution in [1.82, 2.24) is 4.98 Å². The fraction of sp³-hybridized carbons (Fsp3) is 0.727. The Morgan fingerprint density at radius 3 is 2.64 bits per heavy atom. The third kappa shape index (κ3) is 2.58. The van der Waals surface area contributed by atoms with Crippen molar-refractivity contribution in [3.8, 4) is 0 Å². The van der Waals surface area contributed by atoms with Crippen LogP contribution in [0.1, 0.15) is 50.5 Å². The number of nitrogens with zero attached hydrogens (tertiary/aromatic N) is 1. The molecule has 0 unspecified atom stereocenters. The summed E-state index contributed by atoms with van der Waals surface area (Å²) in [6.07, 6.45) is 2.83. The third-order valence-electron chi connectivity index (χ3n) is 2.23. The normalized spacial score (nSPS) is 11.2. The molecule has 0 radical (unpaired) electrons. The maximum atomic E-state index is 5.70. The quantitative estimate of drug-likeness (QED) is 0.785. The van der Waals surface area contributed by atoms with Crippen molar-refractivity contribution in [1.29, 1.82) is 0 Å². The van der Waals surface area contributed by atoms with Crippen LogP contribution in [-0.2, 0) is 12.8 Å². The summed E-state index contributed by atoms with van der Waals surface area (Å²) in [6.45, 7) is 7.00. The Morgan fingerprint density at radius 1 is 1.43 bits per heavy atom. The molecule has 14 heavy (non-hydrogen) atoms. The van der Waals surface area contributed by atoms with E-state index in [4.69, 9.17) is 10.2 Å². The monoisotopic (exact) mass is 196 g/mol. The minimum absolute atomic E-state index is 0.368. The first-order valence-corrected chi connectivity index (χ1v) is 5.37. The van der Waals surface area contributed by atoms with E-state index in [2.05, 4.69) is 25.8 Å². The number of nitrogens with two attached hydrogens (primary N) is 1. The fourth-order valence-corrected chi connectivity index (χ4v) is 1.38. The predicted molar refractivity (Wildman–Crippen MR) is 57.3 cm³/mol. The summed E-state index contributed by atoms with van der Waals surface area (Å²) in [6, 6.07) is 0. The summed E-state index contributed by atoms with van der Waals surface area (Å²) in [5.41, 5.74) is 6.57. The van der Waals surface area contributed by atoms with Crippen LogP contribution in [0.25, 0.3) is 0 Å². The average Bonchev–Trinajstić information content (AvgIpc) is 2.57. The highest BCUT2D eigenvalue weighted by Crippen LogP contribution is 2.19. The van der Waals surface area contributed by atoms with Crippen LogP contribution in [0.5, 0.6) is 0 Å². The second-order valence-corrected chi connectivity index (χ2v) is 3.82. The van der Waals surface area contributed by atoms with Gasteiger partial charge in [0.25, 0.3) is 0 Å². The minimum Gasteiger partial charge on any atom is -0.445 e. The van der Waals surface area contributed by atoms with E-state index < -0.39 is 0 Å². The molecule has 0 fully saturated rings. The molecule has 1 rings (SSSR count). The summed E-state index contributed by atoms with van der Waals surface area (Å²) in [7, 11) is 0. The van der Waals surface area contributed by atoms with Gasteiger partial charge in [0.2, 0.25) is 0 Å². The van der Waals surface area contributed by atoms with Crippen molar-refractivity contribution in [3.05, 3.63) is 17.3 Å². The van der Waals surface area contributed by atoms with E-state index in [9.17, 15) is 0 Å². The van der Waals surface area contributed by atoms with Crippen LogP contribution in [0.15, 0.2) is 4.42 Å². The van der Waals surface area contributed by atoms with E-state index in [1.54, 1.807) is 0 Å². The molecule has 2 N–H and O–H groups in total. The third-order valence-corrected chi connectivity index (χ3v) is 2.23. The Kier molecular flexibility index (Phi) is 4.14. The van der Waals surface area contributed by atoms with Crippen LogP contribution >= 0.6 is 0 Å². The van der Waals surface area contributed by atoms with Crippen molar-refractivity contribution >= 4 is 0 Å². The van der Waals surface area contributed by atoms with Crippen LogP contribution in [0.3, 0.4) is 0 Å². The SMILES string of the molecule is CCc1nc(C(C)C)oc1CCCN. The second kappa shape index (κ2) is 5.15. The van der Waals surface area contributed by atoms with E-state index in [1.807, 2.05) is 0 Å². The zero-order valence-electron chi connectivity index (χ0n) is 9.34. The number of aromatic nitrogens is 1. The van der Waals surface area contributed by atoms with E-state index >= 15 is 0 Å². The van der Waals surface area contributed by atoms with Gasteiger partial charge in [0.15, 0.2) is 5.89 Å². The lowest BCUT2D eigenvalue weighted by Crippen LogP contribution is -2.01. The predicted octanol–water partition coefficient (Wildman–Crippen LogP) is 2.25. The van der Waals surface area contributed by atoms with Gasteiger partial charge in [-0.2, -0.15) is 0 Å². The molecule has 0 saturated heterocycles. The van der Waals surface area contributed by atoms with Crippen LogP contribution < -0.4 is 5.73 Å². The van der Waals surface area contributed by atoms with E-state index in [1.165, 1.54) is 0 Å². The Bertz CT molecular complexity index is 279. The van der Waals surface area contributed by atoms with E-state index in [0.717, 1.165) is 36.6 Å². The lowest BCUT2D eigenvalue weighted by Gasteiger charge is -1.97. The highest BCUT2D eigenvalue weighted by Gasteiger charge is 2.13. The molecule has 1 aromatic rings. The summed E-state index contributed by atoms with van der Waals surface area (Å²) < 4.78 is 5.70. The summed E-state index contributed by atoms with van der Waals surface area (Å²) in [5, 5.41) is 0. The van der Waals surface area contributed by atoms with Gasteiger partial charge in [0.05, 0.1) is 5.69 Å². The van der Waals surface area contributed by atoms with Gasteiger partial charge in [-0.1, -0.05) is 20.8 Å². The lowest BCUT2D eigenvalue weighted by molar-refractivity contribution is 0.432. The molecule has 0 saturated carbocycles. The summed E-state index contributed by atoms with van der Waals surface area (Å²) >= 11 is 0. The minimum atomic E-state index is 0.368. The molecule has 80 valence electrons. The molecule has 0 atom stereocenters. The molecule has 0 aliphatic rings. The van der Waals surface area contributed by atoms with E-state index in [0.29, 0.717) is 12.5 Å². The first-order valence-electron chi connectivity index (χ1n) is 5.37. The van der Waals surface area contributed by atoms with Crippen molar-refractivity contribution in [2.45, 2.75) is 46.0 Å². The summed E-state index contributed by atoms with van der Waals surface area (Å²) in [5.74, 6) is 2.25. The average molecular weight is 196 g/mol. The number of rotatable bonds is 5. The number of oxazole rings is 1. The van der Waals surface area contributed by atoms with Crippen molar-refractivity contribution in [2.24, 2.45) is 5.73 Å². The van der Waals surface area contributed by atoms with Gasteiger partial charge in [-0.3, -0.25) is 0 Å². The van der Waals surface area contributed by atoms with Gasteiger partial charge in [-0.25, -0.2) is 4.98 Å². The maximum Gasteiger partial charge on any atom is 0.197 e. The van der Waals surface area contributed by atoms with Crippen LogP contribution in [0.4, 0.5) is 0 Å².